The quantitative estimate of drug-likeness (QED) is 0.719. The van der Waals surface area contributed by atoms with Crippen LogP contribution < -0.4 is 0 Å². The fourth-order valence-electron chi connectivity index (χ4n) is 1.40. The van der Waals surface area contributed by atoms with Gasteiger partial charge in [-0.3, -0.25) is 0 Å². The van der Waals surface area contributed by atoms with Crippen LogP contribution in [-0.2, 0) is 8.85 Å². The third-order valence-electron chi connectivity index (χ3n) is 1.75. The topological polar surface area (TPSA) is 18.5 Å². The van der Waals surface area contributed by atoms with E-state index >= 15 is 0 Å². The summed E-state index contributed by atoms with van der Waals surface area (Å²) in [6.45, 7) is 19.8. The molecule has 0 fully saturated rings. The van der Waals surface area contributed by atoms with Gasteiger partial charge in [-0.25, -0.2) is 0 Å². The molecule has 0 spiro atoms. The Kier molecular flexibility index (Phi) is 5.45. The molecule has 0 aliphatic heterocycles. The fourth-order valence-corrected chi connectivity index (χ4v) is 7.69. The molecule has 0 heterocycles. The maximum absolute atomic E-state index is 6.14. The molecule has 0 atom stereocenters. The Hall–Kier alpha value is 0.354. The van der Waals surface area contributed by atoms with E-state index in [1.807, 2.05) is 0 Å². The van der Waals surface area contributed by atoms with Crippen LogP contribution in [0.2, 0.25) is 25.3 Å². The second-order valence-corrected chi connectivity index (χ2v) is 15.7. The highest BCUT2D eigenvalue weighted by Crippen LogP contribution is 2.21. The van der Waals surface area contributed by atoms with E-state index in [4.69, 9.17) is 8.85 Å². The van der Waals surface area contributed by atoms with Gasteiger partial charge in [0, 0.05) is 19.3 Å². The highest BCUT2D eigenvalue weighted by atomic mass is 28.4. The van der Waals surface area contributed by atoms with Crippen LogP contribution >= 0.6 is 0 Å². The van der Waals surface area contributed by atoms with E-state index in [2.05, 4.69) is 61.2 Å². The predicted octanol–water partition coefficient (Wildman–Crippen LogP) is 3.71. The third kappa shape index (κ3) is 10.9. The van der Waals surface area contributed by atoms with E-state index in [1.54, 1.807) is 0 Å². The summed E-state index contributed by atoms with van der Waals surface area (Å²) >= 11 is 0. The van der Waals surface area contributed by atoms with Gasteiger partial charge < -0.3 is 8.85 Å². The van der Waals surface area contributed by atoms with Gasteiger partial charge in [0.1, 0.15) is 0 Å². The number of rotatable bonds is 4. The largest absolute Gasteiger partial charge is 0.392 e. The fraction of sp³-hybridized carbons (Fsp3) is 1.00. The van der Waals surface area contributed by atoms with Crippen molar-refractivity contribution in [3.63, 3.8) is 0 Å². The Bertz CT molecular complexity index is 170. The summed E-state index contributed by atoms with van der Waals surface area (Å²) in [6, 6.07) is 0. The molecule has 0 aliphatic rings. The van der Waals surface area contributed by atoms with Crippen LogP contribution in [0.25, 0.3) is 0 Å². The summed E-state index contributed by atoms with van der Waals surface area (Å²) in [5.74, 6) is 0. The predicted molar refractivity (Wildman–Crippen MR) is 77.0 cm³/mol. The summed E-state index contributed by atoms with van der Waals surface area (Å²) in [5, 5.41) is 0. The Labute approximate surface area is 105 Å². The van der Waals surface area contributed by atoms with Crippen LogP contribution in [0.3, 0.4) is 0 Å². The molecule has 0 bridgehead atoms. The Balaban J connectivity index is 4.53. The highest BCUT2D eigenvalue weighted by Gasteiger charge is 2.31. The maximum atomic E-state index is 6.14. The molecule has 98 valence electrons. The molecule has 0 saturated heterocycles. The van der Waals surface area contributed by atoms with Crippen LogP contribution in [0.15, 0.2) is 0 Å². The molecule has 0 N–H and O–H groups in total. The average Bonchev–Trinajstić information content (AvgIpc) is 1.70. The van der Waals surface area contributed by atoms with Crippen molar-refractivity contribution in [2.75, 3.05) is 0 Å². The molecule has 0 unspecified atom stereocenters. The minimum atomic E-state index is -1.55. The van der Waals surface area contributed by atoms with Gasteiger partial charge in [-0.1, -0.05) is 19.6 Å². The Morgan fingerprint density at radius 1 is 0.812 bits per heavy atom. The summed E-state index contributed by atoms with van der Waals surface area (Å²) < 4.78 is 12.3. The van der Waals surface area contributed by atoms with Crippen LogP contribution in [0, 0.1) is 0 Å². The van der Waals surface area contributed by atoms with E-state index in [0.29, 0.717) is 0 Å². The zero-order chi connectivity index (χ0) is 13.2. The summed E-state index contributed by atoms with van der Waals surface area (Å²) in [5.41, 5.74) is 1.02. The van der Waals surface area contributed by atoms with Gasteiger partial charge in [0.15, 0.2) is 0 Å². The minimum Gasteiger partial charge on any atom is -0.392 e. The molecule has 0 aliphatic carbocycles. The number of hydrogen-bond acceptors (Lipinski definition) is 2. The monoisotopic (exact) mass is 262 g/mol. The van der Waals surface area contributed by atoms with Gasteiger partial charge in [0.25, 0.3) is 0 Å². The summed E-state index contributed by atoms with van der Waals surface area (Å²) in [7, 11) is -2.66. The minimum absolute atomic E-state index is 0.0816. The second kappa shape index (κ2) is 5.33. The first-order valence-electron chi connectivity index (χ1n) is 6.14. The molecule has 16 heavy (non-hydrogen) atoms. The van der Waals surface area contributed by atoms with Crippen LogP contribution in [-0.4, -0.2) is 28.6 Å². The molecule has 0 aromatic carbocycles. The third-order valence-corrected chi connectivity index (χ3v) is 9.92. The molecule has 0 aromatic heterocycles. The van der Waals surface area contributed by atoms with Gasteiger partial charge in [0.2, 0.25) is 0 Å². The Morgan fingerprint density at radius 3 is 1.31 bits per heavy atom. The molecule has 0 amide bonds. The average molecular weight is 263 g/mol. The van der Waals surface area contributed by atoms with Gasteiger partial charge in [0.05, 0.1) is 0 Å². The van der Waals surface area contributed by atoms with E-state index < -0.39 is 17.4 Å². The van der Waals surface area contributed by atoms with Gasteiger partial charge >= 0.3 is 9.28 Å². The lowest BCUT2D eigenvalue weighted by molar-refractivity contribution is 0.0358. The first kappa shape index (κ1) is 16.4. The van der Waals surface area contributed by atoms with Gasteiger partial charge in [-0.2, -0.15) is 0 Å². The molecule has 0 radical (unpaired) electrons. The van der Waals surface area contributed by atoms with Crippen molar-refractivity contribution in [3.8, 4) is 0 Å². The van der Waals surface area contributed by atoms with Crippen molar-refractivity contribution >= 4 is 17.4 Å². The Morgan fingerprint density at radius 2 is 1.12 bits per heavy atom. The molecular formula is C12H30O2Si2. The standard InChI is InChI=1S/C12H30O2Si2/c1-11(2,3)13-15(10-16(7,8)9)14-12(4,5)6/h15H,10H2,1-9H3. The molecule has 2 nitrogen and oxygen atoms in total. The van der Waals surface area contributed by atoms with Crippen molar-refractivity contribution in [1.82, 2.24) is 0 Å². The van der Waals surface area contributed by atoms with Crippen molar-refractivity contribution in [2.24, 2.45) is 0 Å². The first-order valence-corrected chi connectivity index (χ1v) is 11.6. The first-order chi connectivity index (χ1) is 6.79. The number of hydrogen-bond donors (Lipinski definition) is 0. The molecule has 0 aromatic rings. The van der Waals surface area contributed by atoms with E-state index in [0.717, 1.165) is 0 Å². The van der Waals surface area contributed by atoms with Crippen LogP contribution in [0.5, 0.6) is 0 Å². The van der Waals surface area contributed by atoms with Gasteiger partial charge in [-0.15, -0.1) is 0 Å². The van der Waals surface area contributed by atoms with Crippen molar-refractivity contribution < 1.29 is 8.85 Å². The maximum Gasteiger partial charge on any atom is 0.319 e. The van der Waals surface area contributed by atoms with E-state index in [9.17, 15) is 0 Å². The van der Waals surface area contributed by atoms with Gasteiger partial charge in [-0.05, 0) is 47.2 Å². The molecular weight excluding hydrogens is 232 g/mol. The van der Waals surface area contributed by atoms with E-state index in [-0.39, 0.29) is 11.2 Å². The zero-order valence-electron chi connectivity index (χ0n) is 12.6. The lowest BCUT2D eigenvalue weighted by atomic mass is 10.2. The second-order valence-electron chi connectivity index (χ2n) is 7.65. The van der Waals surface area contributed by atoms with Crippen molar-refractivity contribution in [3.05, 3.63) is 0 Å². The van der Waals surface area contributed by atoms with Crippen LogP contribution in [0.4, 0.5) is 0 Å². The zero-order valence-corrected chi connectivity index (χ0v) is 14.8. The SMILES string of the molecule is CC(C)(C)O[SiH](C[Si](C)(C)C)OC(C)(C)C. The van der Waals surface area contributed by atoms with Crippen LogP contribution in [0.1, 0.15) is 41.5 Å². The molecule has 0 rings (SSSR count). The smallest absolute Gasteiger partial charge is 0.319 e. The normalized spacial score (nSPS) is 14.6. The lowest BCUT2D eigenvalue weighted by Gasteiger charge is -2.34. The highest BCUT2D eigenvalue weighted by molar-refractivity contribution is 6.84. The van der Waals surface area contributed by atoms with Crippen molar-refractivity contribution in [1.29, 1.82) is 0 Å². The van der Waals surface area contributed by atoms with E-state index in [1.165, 1.54) is 5.67 Å². The lowest BCUT2D eigenvalue weighted by Crippen LogP contribution is -2.43. The van der Waals surface area contributed by atoms with Crippen molar-refractivity contribution in [2.45, 2.75) is 78.1 Å². The molecule has 0 saturated carbocycles. The molecule has 4 heteroatoms. The summed E-state index contributed by atoms with van der Waals surface area (Å²) in [4.78, 5) is 0. The summed E-state index contributed by atoms with van der Waals surface area (Å²) in [6.07, 6.45) is 0.